The van der Waals surface area contributed by atoms with Gasteiger partial charge in [0.05, 0.1) is 23.7 Å². The summed E-state index contributed by atoms with van der Waals surface area (Å²) in [5, 5.41) is 28.6. The molecule has 0 aliphatic heterocycles. The molecule has 0 aliphatic rings. The van der Waals surface area contributed by atoms with Crippen molar-refractivity contribution in [3.05, 3.63) is 83.7 Å². The molecule has 0 saturated carbocycles. The number of amides is 3. The molecular weight excluding hydrogens is 779 g/mol. The van der Waals surface area contributed by atoms with E-state index in [4.69, 9.17) is 15.2 Å². The Morgan fingerprint density at radius 2 is 1.50 bits per heavy atom. The van der Waals surface area contributed by atoms with Gasteiger partial charge < -0.3 is 45.5 Å². The van der Waals surface area contributed by atoms with Crippen LogP contribution in [0.25, 0.3) is 11.1 Å². The van der Waals surface area contributed by atoms with Gasteiger partial charge >= 0.3 is 5.97 Å². The third-order valence-electron chi connectivity index (χ3n) is 9.16. The quantitative estimate of drug-likeness (QED) is 0.0535. The fourth-order valence-electron chi connectivity index (χ4n) is 6.62. The number of hydrogen-bond donors (Lipinski definition) is 6. The molecule has 3 rings (SSSR count). The second-order valence-corrected chi connectivity index (χ2v) is 17.8. The molecule has 2 aromatic carbocycles. The molecule has 1 aromatic heterocycles. The fraction of sp³-hybridized carbons (Fsp3) is 0.545. The van der Waals surface area contributed by atoms with Gasteiger partial charge in [-0.15, -0.1) is 0 Å². The molecule has 7 N–H and O–H groups in total. The van der Waals surface area contributed by atoms with Crippen LogP contribution in [0.3, 0.4) is 0 Å². The zero-order valence-electron chi connectivity index (χ0n) is 36.3. The molecule has 3 aromatic rings. The van der Waals surface area contributed by atoms with Crippen LogP contribution in [0.1, 0.15) is 98.9 Å². The van der Waals surface area contributed by atoms with E-state index in [0.717, 1.165) is 23.8 Å². The number of aliphatic hydroxyl groups is 2. The van der Waals surface area contributed by atoms with Crippen LogP contribution in [0, 0.1) is 17.0 Å². The third kappa shape index (κ3) is 16.0. The van der Waals surface area contributed by atoms with Crippen molar-refractivity contribution in [2.75, 3.05) is 26.2 Å². The maximum atomic E-state index is 15.1. The predicted molar refractivity (Wildman–Crippen MR) is 224 cm³/mol. The number of carbonyl (C=O) groups excluding carboxylic acids is 4. The van der Waals surface area contributed by atoms with E-state index >= 15 is 4.39 Å². The first-order valence-corrected chi connectivity index (χ1v) is 20.1. The van der Waals surface area contributed by atoms with Gasteiger partial charge in [0, 0.05) is 55.6 Å². The maximum absolute atomic E-state index is 15.1. The second kappa shape index (κ2) is 21.7. The van der Waals surface area contributed by atoms with Crippen molar-refractivity contribution in [2.24, 2.45) is 11.1 Å². The molecular formula is C44H64F2N6O8. The Hall–Kier alpha value is -4.74. The van der Waals surface area contributed by atoms with Crippen LogP contribution in [0.2, 0.25) is 0 Å². The summed E-state index contributed by atoms with van der Waals surface area (Å²) >= 11 is 0. The summed E-state index contributed by atoms with van der Waals surface area (Å²) in [6.07, 6.45) is 0.0525. The van der Waals surface area contributed by atoms with Crippen molar-refractivity contribution in [3.8, 4) is 11.1 Å². The number of ether oxygens (including phenoxy) is 2. The van der Waals surface area contributed by atoms with E-state index in [1.54, 1.807) is 53.8 Å². The average Bonchev–Trinajstić information content (AvgIpc) is 3.54. The van der Waals surface area contributed by atoms with Crippen LogP contribution in [-0.2, 0) is 35.2 Å². The third-order valence-corrected chi connectivity index (χ3v) is 9.16. The minimum Gasteiger partial charge on any atom is -0.460 e. The van der Waals surface area contributed by atoms with Crippen molar-refractivity contribution >= 4 is 23.7 Å². The van der Waals surface area contributed by atoms with Gasteiger partial charge in [0.15, 0.2) is 0 Å². The molecule has 0 radical (unpaired) electrons. The van der Waals surface area contributed by atoms with Crippen molar-refractivity contribution in [1.82, 2.24) is 25.4 Å². The molecule has 14 nitrogen and oxygen atoms in total. The van der Waals surface area contributed by atoms with Crippen molar-refractivity contribution in [2.45, 2.75) is 124 Å². The molecule has 60 heavy (non-hydrogen) atoms. The number of aromatic nitrogens is 1. The number of hydrogen-bond acceptors (Lipinski definition) is 10. The van der Waals surface area contributed by atoms with Gasteiger partial charge in [-0.1, -0.05) is 51.1 Å². The lowest BCUT2D eigenvalue weighted by molar-refractivity contribution is -0.187. The standard InChI is InChI=1S/C44H64F2N6O8/c1-42(2,3)38(35-23-29(31-24-30(45)15-16-32(31)46)26-51(35)25-28-13-11-10-12-14-28)52(36(54)27-53)22-19-33(47)39(56)48-20-21-49-40(57)34(50-41(58)60-44(7,8)9)17-18-37(55)59-43(4,5)6/h10-16,23-24,26,33-34,38,41,50,53,58H,17-22,25,27,47H2,1-9H3,(H,48,56)(H,49,57)/t33-,34+,38-,41?/m0/s1. The number of carbonyl (C=O) groups is 4. The van der Waals surface area contributed by atoms with Gasteiger partial charge in [-0.3, -0.25) is 24.5 Å². The number of esters is 1. The number of rotatable bonds is 20. The zero-order chi connectivity index (χ0) is 45.0. The predicted octanol–water partition coefficient (Wildman–Crippen LogP) is 4.51. The Kier molecular flexibility index (Phi) is 17.9. The van der Waals surface area contributed by atoms with Crippen LogP contribution in [0.4, 0.5) is 8.78 Å². The normalized spacial score (nSPS) is 14.2. The van der Waals surface area contributed by atoms with Crippen molar-refractivity contribution < 1.29 is 47.6 Å². The number of nitrogens with one attached hydrogen (secondary N) is 3. The number of aliphatic hydroxyl groups excluding tert-OH is 2. The fourth-order valence-corrected chi connectivity index (χ4v) is 6.62. The highest BCUT2D eigenvalue weighted by Crippen LogP contribution is 2.41. The van der Waals surface area contributed by atoms with Crippen LogP contribution < -0.4 is 21.7 Å². The Morgan fingerprint density at radius 3 is 2.08 bits per heavy atom. The Labute approximate surface area is 352 Å². The minimum atomic E-state index is -1.51. The molecule has 0 fully saturated rings. The molecule has 1 heterocycles. The maximum Gasteiger partial charge on any atom is 0.306 e. The Bertz CT molecular complexity index is 1890. The van der Waals surface area contributed by atoms with E-state index in [1.807, 2.05) is 55.7 Å². The first-order chi connectivity index (χ1) is 27.9. The summed E-state index contributed by atoms with van der Waals surface area (Å²) in [5.74, 6) is -3.48. The first-order valence-electron chi connectivity index (χ1n) is 20.1. The second-order valence-electron chi connectivity index (χ2n) is 17.8. The average molecular weight is 843 g/mol. The summed E-state index contributed by atoms with van der Waals surface area (Å²) in [5.41, 5.74) is 6.15. The molecule has 16 heteroatoms. The molecule has 0 saturated heterocycles. The van der Waals surface area contributed by atoms with E-state index < -0.39 is 83.1 Å². The molecule has 1 unspecified atom stereocenters. The highest BCUT2D eigenvalue weighted by atomic mass is 19.1. The molecule has 4 atom stereocenters. The molecule has 0 spiro atoms. The first kappa shape index (κ1) is 49.6. The van der Waals surface area contributed by atoms with Gasteiger partial charge in [-0.2, -0.15) is 0 Å². The number of nitrogens with two attached hydrogens (primary N) is 1. The van der Waals surface area contributed by atoms with E-state index in [-0.39, 0.29) is 44.5 Å². The minimum absolute atomic E-state index is 0.0103. The van der Waals surface area contributed by atoms with Gasteiger partial charge in [-0.05, 0) is 89.6 Å². The van der Waals surface area contributed by atoms with Crippen LogP contribution in [0.5, 0.6) is 0 Å². The van der Waals surface area contributed by atoms with Crippen LogP contribution in [0.15, 0.2) is 60.8 Å². The van der Waals surface area contributed by atoms with Crippen LogP contribution >= 0.6 is 0 Å². The molecule has 0 aliphatic carbocycles. The highest BCUT2D eigenvalue weighted by Gasteiger charge is 2.37. The summed E-state index contributed by atoms with van der Waals surface area (Å²) in [7, 11) is 0. The molecule has 3 amide bonds. The summed E-state index contributed by atoms with van der Waals surface area (Å²) < 4.78 is 42.1. The number of nitrogens with zero attached hydrogens (tertiary/aromatic N) is 2. The number of halogens is 2. The SMILES string of the molecule is CC(C)(C)OC(=O)CC[C@@H](NC(O)OC(C)(C)C)C(=O)NCCNC(=O)[C@@H](N)CCN(C(=O)CO)[C@@H](c1cc(-c2cc(F)ccc2F)cn1Cc1ccccc1)C(C)(C)C. The van der Waals surface area contributed by atoms with Gasteiger partial charge in [-0.25, -0.2) is 8.78 Å². The largest absolute Gasteiger partial charge is 0.460 e. The highest BCUT2D eigenvalue weighted by molar-refractivity contribution is 5.83. The Balaban J connectivity index is 1.75. The van der Waals surface area contributed by atoms with E-state index in [9.17, 15) is 33.8 Å². The van der Waals surface area contributed by atoms with E-state index in [0.29, 0.717) is 17.8 Å². The lowest BCUT2D eigenvalue weighted by Crippen LogP contribution is -2.52. The smallest absolute Gasteiger partial charge is 0.306 e. The molecule has 0 bridgehead atoms. The Morgan fingerprint density at radius 1 is 0.867 bits per heavy atom. The van der Waals surface area contributed by atoms with Gasteiger partial charge in [0.2, 0.25) is 24.1 Å². The van der Waals surface area contributed by atoms with Crippen molar-refractivity contribution in [1.29, 1.82) is 0 Å². The topological polar surface area (TPSA) is 197 Å². The van der Waals surface area contributed by atoms with E-state index in [1.165, 1.54) is 4.90 Å². The van der Waals surface area contributed by atoms with Gasteiger partial charge in [0.25, 0.3) is 0 Å². The zero-order valence-corrected chi connectivity index (χ0v) is 36.3. The van der Waals surface area contributed by atoms with Gasteiger partial charge in [0.1, 0.15) is 23.8 Å². The van der Waals surface area contributed by atoms with Crippen LogP contribution in [-0.4, -0.2) is 99.3 Å². The lowest BCUT2D eigenvalue weighted by Gasteiger charge is -2.41. The summed E-state index contributed by atoms with van der Waals surface area (Å²) in [4.78, 5) is 53.7. The summed E-state index contributed by atoms with van der Waals surface area (Å²) in [6, 6.07) is 11.5. The summed E-state index contributed by atoms with van der Waals surface area (Å²) in [6.45, 7) is 15.5. The van der Waals surface area contributed by atoms with Crippen molar-refractivity contribution in [3.63, 3.8) is 0 Å². The number of benzene rings is 2. The monoisotopic (exact) mass is 842 g/mol. The molecule has 332 valence electrons. The van der Waals surface area contributed by atoms with E-state index in [2.05, 4.69) is 16.0 Å². The lowest BCUT2D eigenvalue weighted by atomic mass is 9.82.